The van der Waals surface area contributed by atoms with E-state index < -0.39 is 5.24 Å². The van der Waals surface area contributed by atoms with Crippen LogP contribution in [0.15, 0.2) is 57.8 Å². The summed E-state index contributed by atoms with van der Waals surface area (Å²) in [5, 5.41) is 11.5. The van der Waals surface area contributed by atoms with Gasteiger partial charge in [0.25, 0.3) is 5.91 Å². The van der Waals surface area contributed by atoms with Gasteiger partial charge in [0.1, 0.15) is 29.8 Å². The highest BCUT2D eigenvalue weighted by Gasteiger charge is 2.17. The molecule has 0 spiro atoms. The highest BCUT2D eigenvalue weighted by atomic mass is 32.2. The number of carbonyl (C=O) groups is 2. The summed E-state index contributed by atoms with van der Waals surface area (Å²) in [6, 6.07) is 14.0. The maximum atomic E-state index is 12.4. The Labute approximate surface area is 194 Å². The van der Waals surface area contributed by atoms with Crippen molar-refractivity contribution in [3.63, 3.8) is 0 Å². The largest absolute Gasteiger partial charge is 0.492 e. The van der Waals surface area contributed by atoms with Gasteiger partial charge in [-0.15, -0.1) is 0 Å². The van der Waals surface area contributed by atoms with E-state index in [9.17, 15) is 9.59 Å². The van der Waals surface area contributed by atoms with Gasteiger partial charge < -0.3 is 23.9 Å². The lowest BCUT2D eigenvalue weighted by atomic mass is 10.1. The predicted octanol–water partition coefficient (Wildman–Crippen LogP) is 3.99. The zero-order chi connectivity index (χ0) is 23.0. The van der Waals surface area contributed by atoms with Crippen LogP contribution in [0.3, 0.4) is 0 Å². The quantitative estimate of drug-likeness (QED) is 0.195. The third-order valence-corrected chi connectivity index (χ3v) is 5.75. The number of carbonyl (C=O) groups excluding carboxylic acids is 2. The average molecular weight is 473 g/mol. The van der Waals surface area contributed by atoms with Gasteiger partial charge in [-0.3, -0.25) is 14.8 Å². The Bertz CT molecular complexity index is 1090. The van der Waals surface area contributed by atoms with Gasteiger partial charge in [-0.1, -0.05) is 0 Å². The second kappa shape index (κ2) is 11.1. The molecular weight excluding hydrogens is 448 g/mol. The number of benzene rings is 2. The molecule has 0 atom stereocenters. The summed E-state index contributed by atoms with van der Waals surface area (Å²) in [5.74, 6) is 1.23. The summed E-state index contributed by atoms with van der Waals surface area (Å²) in [7, 11) is 0. The highest BCUT2D eigenvalue weighted by Crippen LogP contribution is 2.26. The molecule has 1 saturated heterocycles. The zero-order valence-electron chi connectivity index (χ0n) is 17.7. The fourth-order valence-corrected chi connectivity index (χ4v) is 3.88. The first-order chi connectivity index (χ1) is 16.1. The van der Waals surface area contributed by atoms with E-state index in [-0.39, 0.29) is 30.9 Å². The molecule has 0 unspecified atom stereocenters. The van der Waals surface area contributed by atoms with E-state index in [1.54, 1.807) is 41.9 Å². The standard InChI is InChI=1S/C23H24N2O7S/c26-22(24-9-12-30-16-1-4-19(5-2-16)33-23(27)25-28)21-14-15-13-18(3-6-20(15)32-21)31-17-7-10-29-11-8-17/h1-6,13-14,17,28H,7-12H2,(H,24,26)(H,25,27). The Morgan fingerprint density at radius 3 is 2.58 bits per heavy atom. The number of ether oxygens (including phenoxy) is 3. The number of furan rings is 1. The number of hydrogen-bond donors (Lipinski definition) is 3. The monoisotopic (exact) mass is 472 g/mol. The molecule has 9 nitrogen and oxygen atoms in total. The second-order valence-corrected chi connectivity index (χ2v) is 8.36. The van der Waals surface area contributed by atoms with Crippen LogP contribution >= 0.6 is 11.8 Å². The van der Waals surface area contributed by atoms with Crippen molar-refractivity contribution in [3.05, 3.63) is 54.3 Å². The van der Waals surface area contributed by atoms with Crippen LogP contribution in [0.4, 0.5) is 4.79 Å². The molecule has 3 N–H and O–H groups in total. The van der Waals surface area contributed by atoms with Crippen molar-refractivity contribution in [2.24, 2.45) is 0 Å². The summed E-state index contributed by atoms with van der Waals surface area (Å²) >= 11 is 0.857. The van der Waals surface area contributed by atoms with Crippen LogP contribution in [0.5, 0.6) is 11.5 Å². The summed E-state index contributed by atoms with van der Waals surface area (Å²) in [5.41, 5.74) is 2.17. The van der Waals surface area contributed by atoms with Crippen molar-refractivity contribution in [2.75, 3.05) is 26.4 Å². The van der Waals surface area contributed by atoms with E-state index in [0.717, 1.165) is 35.7 Å². The molecule has 0 radical (unpaired) electrons. The average Bonchev–Trinajstić information content (AvgIpc) is 3.27. The molecule has 0 saturated carbocycles. The van der Waals surface area contributed by atoms with Crippen LogP contribution in [-0.4, -0.2) is 48.8 Å². The van der Waals surface area contributed by atoms with Crippen molar-refractivity contribution in [1.82, 2.24) is 10.8 Å². The minimum Gasteiger partial charge on any atom is -0.492 e. The first-order valence-corrected chi connectivity index (χ1v) is 11.3. The van der Waals surface area contributed by atoms with Crippen molar-refractivity contribution in [2.45, 2.75) is 23.8 Å². The molecule has 2 heterocycles. The fraction of sp³-hybridized carbons (Fsp3) is 0.304. The lowest BCUT2D eigenvalue weighted by Crippen LogP contribution is -2.27. The number of amides is 2. The molecule has 4 rings (SSSR count). The van der Waals surface area contributed by atoms with Gasteiger partial charge in [-0.05, 0) is 60.3 Å². The Kier molecular flexibility index (Phi) is 7.71. The Hall–Kier alpha value is -3.21. The van der Waals surface area contributed by atoms with Crippen LogP contribution in [0.1, 0.15) is 23.4 Å². The second-order valence-electron chi connectivity index (χ2n) is 7.32. The SMILES string of the molecule is O=C(NO)Sc1ccc(OCCNC(=O)c2cc3cc(OC4CCOCC4)ccc3o2)cc1. The molecule has 0 aliphatic carbocycles. The zero-order valence-corrected chi connectivity index (χ0v) is 18.6. The van der Waals surface area contributed by atoms with E-state index in [1.807, 2.05) is 12.1 Å². The lowest BCUT2D eigenvalue weighted by molar-refractivity contribution is 0.0256. The Morgan fingerprint density at radius 1 is 1.06 bits per heavy atom. The highest BCUT2D eigenvalue weighted by molar-refractivity contribution is 8.13. The molecule has 10 heteroatoms. The van der Waals surface area contributed by atoms with Crippen molar-refractivity contribution < 1.29 is 33.4 Å². The summed E-state index contributed by atoms with van der Waals surface area (Å²) in [6.07, 6.45) is 1.87. The van der Waals surface area contributed by atoms with Crippen LogP contribution in [0.2, 0.25) is 0 Å². The van der Waals surface area contributed by atoms with Crippen molar-refractivity contribution in [1.29, 1.82) is 0 Å². The summed E-state index contributed by atoms with van der Waals surface area (Å²) < 4.78 is 22.6. The lowest BCUT2D eigenvalue weighted by Gasteiger charge is -2.23. The van der Waals surface area contributed by atoms with Crippen LogP contribution in [-0.2, 0) is 4.74 Å². The first-order valence-electron chi connectivity index (χ1n) is 10.5. The molecule has 3 aromatic rings. The van der Waals surface area contributed by atoms with Crippen LogP contribution < -0.4 is 20.3 Å². The molecule has 0 bridgehead atoms. The third-order valence-electron chi connectivity index (χ3n) is 4.96. The Balaban J connectivity index is 1.25. The first kappa shape index (κ1) is 23.0. The molecule has 33 heavy (non-hydrogen) atoms. The van der Waals surface area contributed by atoms with Gasteiger partial charge in [0.2, 0.25) is 0 Å². The van der Waals surface area contributed by atoms with Gasteiger partial charge in [0.05, 0.1) is 19.8 Å². The third kappa shape index (κ3) is 6.41. The van der Waals surface area contributed by atoms with E-state index in [1.165, 1.54) is 0 Å². The van der Waals surface area contributed by atoms with Gasteiger partial charge in [0.15, 0.2) is 5.76 Å². The Morgan fingerprint density at radius 2 is 1.82 bits per heavy atom. The van der Waals surface area contributed by atoms with E-state index in [0.29, 0.717) is 29.4 Å². The topological polar surface area (TPSA) is 119 Å². The molecule has 1 aromatic heterocycles. The van der Waals surface area contributed by atoms with E-state index >= 15 is 0 Å². The molecule has 2 amide bonds. The fourth-order valence-electron chi connectivity index (χ4n) is 3.35. The smallest absolute Gasteiger partial charge is 0.307 e. The van der Waals surface area contributed by atoms with E-state index in [2.05, 4.69) is 5.32 Å². The van der Waals surface area contributed by atoms with Crippen LogP contribution in [0.25, 0.3) is 11.0 Å². The summed E-state index contributed by atoms with van der Waals surface area (Å²) in [6.45, 7) is 1.97. The molecule has 174 valence electrons. The normalized spacial score (nSPS) is 14.1. The van der Waals surface area contributed by atoms with Gasteiger partial charge in [-0.2, -0.15) is 0 Å². The minimum absolute atomic E-state index is 0.140. The van der Waals surface area contributed by atoms with Gasteiger partial charge >= 0.3 is 5.24 Å². The number of hydroxylamine groups is 1. The molecule has 1 fully saturated rings. The molecular formula is C23H24N2O7S. The van der Waals surface area contributed by atoms with Crippen molar-refractivity contribution >= 4 is 33.9 Å². The number of nitrogens with one attached hydrogen (secondary N) is 2. The number of fused-ring (bicyclic) bond motifs is 1. The molecule has 1 aliphatic heterocycles. The van der Waals surface area contributed by atoms with Gasteiger partial charge in [-0.25, -0.2) is 5.48 Å². The molecule has 2 aromatic carbocycles. The number of thioether (sulfide) groups is 1. The summed E-state index contributed by atoms with van der Waals surface area (Å²) in [4.78, 5) is 24.2. The predicted molar refractivity (Wildman–Crippen MR) is 121 cm³/mol. The van der Waals surface area contributed by atoms with Crippen LogP contribution in [0, 0.1) is 0 Å². The van der Waals surface area contributed by atoms with Gasteiger partial charge in [0, 0.05) is 23.1 Å². The van der Waals surface area contributed by atoms with Crippen molar-refractivity contribution in [3.8, 4) is 11.5 Å². The number of hydrogen-bond acceptors (Lipinski definition) is 8. The minimum atomic E-state index is -0.569. The maximum Gasteiger partial charge on any atom is 0.307 e. The van der Waals surface area contributed by atoms with E-state index in [4.69, 9.17) is 23.8 Å². The number of rotatable bonds is 8. The molecule has 1 aliphatic rings. The maximum absolute atomic E-state index is 12.4.